The van der Waals surface area contributed by atoms with Crippen LogP contribution in [0.1, 0.15) is 11.3 Å². The van der Waals surface area contributed by atoms with E-state index in [1.165, 1.54) is 36.2 Å². The number of thiophene rings is 1. The van der Waals surface area contributed by atoms with Crippen LogP contribution in [0.2, 0.25) is 0 Å². The highest BCUT2D eigenvalue weighted by Gasteiger charge is 2.21. The third-order valence-corrected chi connectivity index (χ3v) is 6.96. The molecule has 2 heterocycles. The zero-order chi connectivity index (χ0) is 19.3. The molecule has 4 rings (SSSR count). The van der Waals surface area contributed by atoms with Crippen molar-refractivity contribution in [2.45, 2.75) is 16.2 Å². The molecule has 0 spiro atoms. The summed E-state index contributed by atoms with van der Waals surface area (Å²) in [6, 6.07) is 19.8. The van der Waals surface area contributed by atoms with Gasteiger partial charge in [-0.1, -0.05) is 54.2 Å². The molecule has 1 aliphatic heterocycles. The van der Waals surface area contributed by atoms with Crippen LogP contribution in [0.15, 0.2) is 70.5 Å². The van der Waals surface area contributed by atoms with Gasteiger partial charge in [0, 0.05) is 37.3 Å². The zero-order valence-corrected chi connectivity index (χ0v) is 18.0. The number of benzene rings is 2. The molecule has 4 heteroatoms. The van der Waals surface area contributed by atoms with Gasteiger partial charge in [-0.3, -0.25) is 0 Å². The average molecular weight is 408 g/mol. The van der Waals surface area contributed by atoms with Gasteiger partial charge in [0.1, 0.15) is 0 Å². The first-order chi connectivity index (χ1) is 13.7. The van der Waals surface area contributed by atoms with E-state index in [1.807, 2.05) is 23.1 Å². The maximum atomic E-state index is 5.73. The highest BCUT2D eigenvalue weighted by atomic mass is 32.2. The maximum Gasteiger partial charge on any atom is 0.0650 e. The summed E-state index contributed by atoms with van der Waals surface area (Å²) in [6.07, 6.45) is 5.40. The van der Waals surface area contributed by atoms with Gasteiger partial charge in [-0.05, 0) is 56.9 Å². The largest absolute Gasteiger partial charge is 0.377 e. The van der Waals surface area contributed by atoms with Crippen molar-refractivity contribution >= 4 is 29.2 Å². The molecule has 3 aromatic rings. The normalized spacial score (nSPS) is 12.7. The number of nitrogens with zero attached hydrogens (tertiary/aromatic N) is 1. The monoisotopic (exact) mass is 407 g/mol. The van der Waals surface area contributed by atoms with Crippen LogP contribution in [0, 0.1) is 0 Å². The number of ether oxygens (including phenoxy) is 1. The first-order valence-corrected chi connectivity index (χ1v) is 11.2. The van der Waals surface area contributed by atoms with Crippen LogP contribution in [-0.4, -0.2) is 38.8 Å². The average Bonchev–Trinajstić information content (AvgIpc) is 3.06. The second-order valence-corrected chi connectivity index (χ2v) is 9.29. The van der Waals surface area contributed by atoms with Gasteiger partial charge in [0.05, 0.1) is 6.61 Å². The Kier molecular flexibility index (Phi) is 6.33. The molecule has 2 nitrogen and oxygen atoms in total. The molecule has 0 N–H and O–H groups in total. The Morgan fingerprint density at radius 2 is 1.64 bits per heavy atom. The van der Waals surface area contributed by atoms with Crippen LogP contribution < -0.4 is 0 Å². The fourth-order valence-corrected chi connectivity index (χ4v) is 5.64. The summed E-state index contributed by atoms with van der Waals surface area (Å²) in [5.41, 5.74) is 4.00. The molecule has 0 amide bonds. The third kappa shape index (κ3) is 4.41. The van der Waals surface area contributed by atoms with Crippen LogP contribution in [0.25, 0.3) is 27.6 Å². The summed E-state index contributed by atoms with van der Waals surface area (Å²) in [5.74, 6) is 0. The van der Waals surface area contributed by atoms with E-state index in [9.17, 15) is 0 Å². The Hall–Kier alpha value is -1.85. The Bertz CT molecular complexity index is 911. The van der Waals surface area contributed by atoms with E-state index < -0.39 is 0 Å². The van der Waals surface area contributed by atoms with Crippen molar-refractivity contribution in [1.82, 2.24) is 4.90 Å². The van der Waals surface area contributed by atoms with Gasteiger partial charge in [-0.15, -0.1) is 11.3 Å². The summed E-state index contributed by atoms with van der Waals surface area (Å²) in [6.45, 7) is 2.54. The van der Waals surface area contributed by atoms with Gasteiger partial charge < -0.3 is 9.64 Å². The molecule has 144 valence electrons. The van der Waals surface area contributed by atoms with Gasteiger partial charge in [0.2, 0.25) is 0 Å². The molecule has 2 aromatic carbocycles. The molecule has 0 atom stereocenters. The molecule has 0 radical (unpaired) electrons. The van der Waals surface area contributed by atoms with Gasteiger partial charge in [-0.2, -0.15) is 0 Å². The second kappa shape index (κ2) is 9.10. The standard InChI is InChI=1S/C24H25NOS2/c1-25(2)14-8-16-26-15-7-9-18-17-21-19-10-3-5-12-22(19)28-23-13-6-4-11-20(23)24(21)27-18/h3-7,9-13,17H,8,14-16H2,1-2H3. The van der Waals surface area contributed by atoms with Crippen molar-refractivity contribution in [2.24, 2.45) is 0 Å². The molecule has 0 bridgehead atoms. The van der Waals surface area contributed by atoms with Crippen molar-refractivity contribution in [3.8, 4) is 21.6 Å². The van der Waals surface area contributed by atoms with E-state index in [0.29, 0.717) is 6.61 Å². The van der Waals surface area contributed by atoms with E-state index in [1.54, 1.807) is 0 Å². The topological polar surface area (TPSA) is 12.5 Å². The van der Waals surface area contributed by atoms with Crippen molar-refractivity contribution in [1.29, 1.82) is 0 Å². The fourth-order valence-electron chi connectivity index (χ4n) is 3.33. The highest BCUT2D eigenvalue weighted by Crippen LogP contribution is 2.50. The van der Waals surface area contributed by atoms with Crippen LogP contribution in [0.3, 0.4) is 0 Å². The molecule has 0 unspecified atom stereocenters. The first kappa shape index (κ1) is 19.5. The minimum atomic E-state index is 0.666. The van der Waals surface area contributed by atoms with E-state index in [2.05, 4.69) is 85.7 Å². The molecule has 1 aromatic heterocycles. The van der Waals surface area contributed by atoms with E-state index in [4.69, 9.17) is 4.74 Å². The van der Waals surface area contributed by atoms with Crippen LogP contribution >= 0.6 is 23.1 Å². The van der Waals surface area contributed by atoms with Gasteiger partial charge in [-0.25, -0.2) is 0 Å². The lowest BCUT2D eigenvalue weighted by Crippen LogP contribution is -2.14. The van der Waals surface area contributed by atoms with Gasteiger partial charge >= 0.3 is 0 Å². The SMILES string of the molecule is CN(C)CCCOCC=Cc1cc2c(s1)-c1ccccc1Sc1ccccc1-2. The van der Waals surface area contributed by atoms with E-state index >= 15 is 0 Å². The molecular formula is C24H25NOS2. The minimum Gasteiger partial charge on any atom is -0.377 e. The maximum absolute atomic E-state index is 5.73. The Balaban J connectivity index is 1.54. The molecule has 0 saturated carbocycles. The molecular weight excluding hydrogens is 382 g/mol. The fraction of sp³-hybridized carbons (Fsp3) is 0.250. The summed E-state index contributed by atoms with van der Waals surface area (Å²) in [5, 5.41) is 0. The van der Waals surface area contributed by atoms with Gasteiger partial charge in [0.25, 0.3) is 0 Å². The summed E-state index contributed by atoms with van der Waals surface area (Å²) >= 11 is 3.73. The first-order valence-electron chi connectivity index (χ1n) is 9.62. The highest BCUT2D eigenvalue weighted by molar-refractivity contribution is 7.99. The number of rotatable bonds is 7. The molecule has 28 heavy (non-hydrogen) atoms. The van der Waals surface area contributed by atoms with Crippen molar-refractivity contribution in [3.63, 3.8) is 0 Å². The van der Waals surface area contributed by atoms with E-state index in [-0.39, 0.29) is 0 Å². The summed E-state index contributed by atoms with van der Waals surface area (Å²) < 4.78 is 5.73. The molecule has 0 fully saturated rings. The number of fused-ring (bicyclic) bond motifs is 5. The molecule has 0 aliphatic carbocycles. The molecule has 1 aliphatic rings. The minimum absolute atomic E-state index is 0.666. The van der Waals surface area contributed by atoms with Crippen LogP contribution in [0.5, 0.6) is 0 Å². The van der Waals surface area contributed by atoms with Crippen LogP contribution in [0.4, 0.5) is 0 Å². The number of hydrogen-bond donors (Lipinski definition) is 0. The predicted molar refractivity (Wildman–Crippen MR) is 122 cm³/mol. The second-order valence-electron chi connectivity index (χ2n) is 7.12. The lowest BCUT2D eigenvalue weighted by Gasteiger charge is -2.08. The van der Waals surface area contributed by atoms with E-state index in [0.717, 1.165) is 19.6 Å². The predicted octanol–water partition coefficient (Wildman–Crippen LogP) is 6.53. The summed E-state index contributed by atoms with van der Waals surface area (Å²) in [7, 11) is 4.19. The lowest BCUT2D eigenvalue weighted by molar-refractivity contribution is 0.152. The number of hydrogen-bond acceptors (Lipinski definition) is 4. The zero-order valence-electron chi connectivity index (χ0n) is 16.4. The Morgan fingerprint density at radius 3 is 2.43 bits per heavy atom. The quantitative estimate of drug-likeness (QED) is 0.323. The Morgan fingerprint density at radius 1 is 0.929 bits per heavy atom. The third-order valence-electron chi connectivity index (χ3n) is 4.67. The van der Waals surface area contributed by atoms with Crippen molar-refractivity contribution in [3.05, 3.63) is 65.6 Å². The lowest BCUT2D eigenvalue weighted by atomic mass is 10.0. The Labute approximate surface area is 175 Å². The summed E-state index contributed by atoms with van der Waals surface area (Å²) in [4.78, 5) is 7.48. The molecule has 0 saturated heterocycles. The van der Waals surface area contributed by atoms with Crippen molar-refractivity contribution < 1.29 is 4.74 Å². The van der Waals surface area contributed by atoms with Gasteiger partial charge in [0.15, 0.2) is 0 Å². The van der Waals surface area contributed by atoms with Crippen LogP contribution in [-0.2, 0) is 4.74 Å². The van der Waals surface area contributed by atoms with Crippen molar-refractivity contribution in [2.75, 3.05) is 33.9 Å². The smallest absolute Gasteiger partial charge is 0.0650 e.